The van der Waals surface area contributed by atoms with Gasteiger partial charge in [-0.15, -0.1) is 0 Å². The lowest BCUT2D eigenvalue weighted by atomic mass is 9.86. The van der Waals surface area contributed by atoms with Crippen molar-refractivity contribution in [3.63, 3.8) is 0 Å². The Hall–Kier alpha value is -1.61. The molecule has 102 valence electrons. The van der Waals surface area contributed by atoms with Crippen molar-refractivity contribution in [2.24, 2.45) is 11.5 Å². The normalized spacial score (nSPS) is 16.1. The van der Waals surface area contributed by atoms with Gasteiger partial charge in [0.15, 0.2) is 0 Å². The van der Waals surface area contributed by atoms with Gasteiger partial charge in [-0.25, -0.2) is 0 Å². The summed E-state index contributed by atoms with van der Waals surface area (Å²) in [6.45, 7) is 3.93. The van der Waals surface area contributed by atoms with Gasteiger partial charge in [-0.2, -0.15) is 0 Å². The Morgan fingerprint density at radius 1 is 1.26 bits per heavy atom. The number of primary amides is 1. The maximum absolute atomic E-state index is 11.6. The minimum absolute atomic E-state index is 0.372. The van der Waals surface area contributed by atoms with Gasteiger partial charge >= 0.3 is 0 Å². The highest BCUT2D eigenvalue weighted by Gasteiger charge is 2.19. The molecule has 1 aliphatic rings. The fourth-order valence-electron chi connectivity index (χ4n) is 2.51. The SMILES string of the molecule is CC(C)(N)c1ccc(C(N)=O)c(C2=CCCCC2)c1. The molecule has 0 atom stereocenters. The van der Waals surface area contributed by atoms with E-state index >= 15 is 0 Å². The zero-order valence-electron chi connectivity index (χ0n) is 11.7. The van der Waals surface area contributed by atoms with Crippen LogP contribution in [0.1, 0.15) is 61.0 Å². The first-order valence-corrected chi connectivity index (χ1v) is 6.82. The zero-order chi connectivity index (χ0) is 14.0. The van der Waals surface area contributed by atoms with E-state index in [1.807, 2.05) is 26.0 Å². The summed E-state index contributed by atoms with van der Waals surface area (Å²) in [5, 5.41) is 0. The first-order valence-electron chi connectivity index (χ1n) is 6.82. The molecule has 0 saturated carbocycles. The predicted molar refractivity (Wildman–Crippen MR) is 78.6 cm³/mol. The number of hydrogen-bond acceptors (Lipinski definition) is 2. The number of allylic oxidation sites excluding steroid dienone is 2. The Balaban J connectivity index is 2.54. The molecule has 0 radical (unpaired) electrons. The van der Waals surface area contributed by atoms with E-state index in [-0.39, 0.29) is 5.91 Å². The largest absolute Gasteiger partial charge is 0.366 e. The van der Waals surface area contributed by atoms with Crippen LogP contribution in [0, 0.1) is 0 Å². The Morgan fingerprint density at radius 3 is 2.53 bits per heavy atom. The van der Waals surface area contributed by atoms with E-state index in [1.54, 1.807) is 6.07 Å². The number of hydrogen-bond donors (Lipinski definition) is 2. The molecular weight excluding hydrogens is 236 g/mol. The number of amides is 1. The van der Waals surface area contributed by atoms with Gasteiger partial charge in [-0.05, 0) is 68.4 Å². The van der Waals surface area contributed by atoms with Crippen molar-refractivity contribution in [2.75, 3.05) is 0 Å². The van der Waals surface area contributed by atoms with E-state index in [0.29, 0.717) is 5.56 Å². The summed E-state index contributed by atoms with van der Waals surface area (Å²) < 4.78 is 0. The summed E-state index contributed by atoms with van der Waals surface area (Å²) >= 11 is 0. The van der Waals surface area contributed by atoms with Gasteiger partial charge in [-0.1, -0.05) is 12.1 Å². The van der Waals surface area contributed by atoms with Crippen molar-refractivity contribution in [2.45, 2.75) is 45.1 Å². The molecule has 0 bridgehead atoms. The van der Waals surface area contributed by atoms with Crippen molar-refractivity contribution >= 4 is 11.5 Å². The summed E-state index contributed by atoms with van der Waals surface area (Å²) in [5.74, 6) is -0.372. The molecule has 0 unspecified atom stereocenters. The second-order valence-corrected chi connectivity index (χ2v) is 5.82. The van der Waals surface area contributed by atoms with E-state index < -0.39 is 5.54 Å². The third kappa shape index (κ3) is 3.04. The van der Waals surface area contributed by atoms with Crippen LogP contribution in [0.15, 0.2) is 24.3 Å². The van der Waals surface area contributed by atoms with Crippen LogP contribution in [-0.4, -0.2) is 5.91 Å². The quantitative estimate of drug-likeness (QED) is 0.875. The van der Waals surface area contributed by atoms with Crippen molar-refractivity contribution < 1.29 is 4.79 Å². The topological polar surface area (TPSA) is 69.1 Å². The molecule has 0 aromatic heterocycles. The number of carbonyl (C=O) groups excluding carboxylic acids is 1. The van der Waals surface area contributed by atoms with E-state index in [4.69, 9.17) is 11.5 Å². The van der Waals surface area contributed by atoms with E-state index in [0.717, 1.165) is 24.0 Å². The molecule has 0 fully saturated rings. The molecule has 19 heavy (non-hydrogen) atoms. The van der Waals surface area contributed by atoms with Gasteiger partial charge in [0, 0.05) is 11.1 Å². The lowest BCUT2D eigenvalue weighted by Crippen LogP contribution is -2.29. The number of carbonyl (C=O) groups is 1. The summed E-state index contributed by atoms with van der Waals surface area (Å²) in [4.78, 5) is 11.6. The van der Waals surface area contributed by atoms with E-state index in [1.165, 1.54) is 18.4 Å². The molecule has 1 aliphatic carbocycles. The standard InChI is InChI=1S/C16H22N2O/c1-16(2,18)12-8-9-13(15(17)19)14(10-12)11-6-4-3-5-7-11/h6,8-10H,3-5,7,18H2,1-2H3,(H2,17,19). The van der Waals surface area contributed by atoms with Gasteiger partial charge in [0.25, 0.3) is 0 Å². The van der Waals surface area contributed by atoms with Crippen LogP contribution in [0.2, 0.25) is 0 Å². The highest BCUT2D eigenvalue weighted by atomic mass is 16.1. The molecule has 2 rings (SSSR count). The summed E-state index contributed by atoms with van der Waals surface area (Å²) in [5.41, 5.74) is 15.0. The van der Waals surface area contributed by atoms with Crippen LogP contribution in [0.4, 0.5) is 0 Å². The summed E-state index contributed by atoms with van der Waals surface area (Å²) in [6.07, 6.45) is 6.69. The second kappa shape index (κ2) is 5.17. The average Bonchev–Trinajstić information content (AvgIpc) is 2.38. The van der Waals surface area contributed by atoms with Crippen molar-refractivity contribution in [1.29, 1.82) is 0 Å². The van der Waals surface area contributed by atoms with Crippen LogP contribution in [0.3, 0.4) is 0 Å². The van der Waals surface area contributed by atoms with Crippen LogP contribution in [-0.2, 0) is 5.54 Å². The Bertz CT molecular complexity index is 524. The average molecular weight is 258 g/mol. The smallest absolute Gasteiger partial charge is 0.249 e. The number of nitrogens with two attached hydrogens (primary N) is 2. The molecule has 4 N–H and O–H groups in total. The summed E-state index contributed by atoms with van der Waals surface area (Å²) in [6, 6.07) is 5.72. The highest BCUT2D eigenvalue weighted by molar-refractivity contribution is 5.98. The van der Waals surface area contributed by atoms with Crippen LogP contribution < -0.4 is 11.5 Å². The Labute approximate surface area is 114 Å². The highest BCUT2D eigenvalue weighted by Crippen LogP contribution is 2.31. The van der Waals surface area contributed by atoms with Crippen LogP contribution >= 0.6 is 0 Å². The first-order chi connectivity index (χ1) is 8.89. The molecule has 1 aromatic rings. The monoisotopic (exact) mass is 258 g/mol. The molecule has 3 nitrogen and oxygen atoms in total. The molecule has 1 aromatic carbocycles. The van der Waals surface area contributed by atoms with Crippen molar-refractivity contribution in [3.05, 3.63) is 41.0 Å². The number of benzene rings is 1. The van der Waals surface area contributed by atoms with E-state index in [9.17, 15) is 4.79 Å². The van der Waals surface area contributed by atoms with Gasteiger partial charge in [0.05, 0.1) is 0 Å². The molecule has 0 spiro atoms. The van der Waals surface area contributed by atoms with Crippen molar-refractivity contribution in [3.8, 4) is 0 Å². The minimum Gasteiger partial charge on any atom is -0.366 e. The Morgan fingerprint density at radius 2 is 2.00 bits per heavy atom. The molecule has 0 heterocycles. The fourth-order valence-corrected chi connectivity index (χ4v) is 2.51. The fraction of sp³-hybridized carbons (Fsp3) is 0.438. The molecular formula is C16H22N2O. The predicted octanol–water partition coefficient (Wildman–Crippen LogP) is 2.94. The van der Waals surface area contributed by atoms with Crippen molar-refractivity contribution in [1.82, 2.24) is 0 Å². The van der Waals surface area contributed by atoms with Crippen LogP contribution in [0.5, 0.6) is 0 Å². The first kappa shape index (κ1) is 13.8. The number of rotatable bonds is 3. The molecule has 3 heteroatoms. The van der Waals surface area contributed by atoms with Crippen LogP contribution in [0.25, 0.3) is 5.57 Å². The molecule has 1 amide bonds. The van der Waals surface area contributed by atoms with Gasteiger partial charge in [0.2, 0.25) is 5.91 Å². The lowest BCUT2D eigenvalue weighted by molar-refractivity contribution is 0.1000. The second-order valence-electron chi connectivity index (χ2n) is 5.82. The van der Waals surface area contributed by atoms with Gasteiger partial charge in [-0.3, -0.25) is 4.79 Å². The molecule has 0 saturated heterocycles. The third-order valence-corrected chi connectivity index (χ3v) is 3.67. The third-order valence-electron chi connectivity index (χ3n) is 3.67. The van der Waals surface area contributed by atoms with Gasteiger partial charge in [0.1, 0.15) is 0 Å². The maximum Gasteiger partial charge on any atom is 0.249 e. The Kier molecular flexibility index (Phi) is 3.76. The lowest BCUT2D eigenvalue weighted by Gasteiger charge is -2.22. The summed E-state index contributed by atoms with van der Waals surface area (Å²) in [7, 11) is 0. The van der Waals surface area contributed by atoms with E-state index in [2.05, 4.69) is 6.08 Å². The maximum atomic E-state index is 11.6. The zero-order valence-corrected chi connectivity index (χ0v) is 11.7. The minimum atomic E-state index is -0.417. The molecule has 0 aliphatic heterocycles. The van der Waals surface area contributed by atoms with Gasteiger partial charge < -0.3 is 11.5 Å².